The predicted octanol–water partition coefficient (Wildman–Crippen LogP) is 13.0. The molecule has 0 N–H and O–H groups in total. The van der Waals surface area contributed by atoms with E-state index in [1.54, 1.807) is 53.2 Å². The van der Waals surface area contributed by atoms with E-state index in [4.69, 9.17) is 38.4 Å². The molecule has 0 fully saturated rings. The largest absolute Gasteiger partial charge is 0.496 e. The quantitative estimate of drug-likeness (QED) is 0.0802. The van der Waals surface area contributed by atoms with E-state index >= 15 is 0 Å². The molecule has 12 nitrogen and oxygen atoms in total. The minimum absolute atomic E-state index is 0.0813. The van der Waals surface area contributed by atoms with E-state index in [1.165, 1.54) is 0 Å². The molecule has 366 valence electrons. The van der Waals surface area contributed by atoms with Crippen molar-refractivity contribution >= 4 is 12.6 Å². The van der Waals surface area contributed by atoms with Gasteiger partial charge in [-0.2, -0.15) is 0 Å². The minimum atomic E-state index is -0.0813. The van der Waals surface area contributed by atoms with Gasteiger partial charge in [0.05, 0.1) is 62.3 Å². The summed E-state index contributed by atoms with van der Waals surface area (Å²) in [6.07, 6.45) is 8.73. The van der Waals surface area contributed by atoms with Gasteiger partial charge in [0, 0.05) is 69.3 Å². The van der Waals surface area contributed by atoms with Crippen LogP contribution in [0.5, 0.6) is 34.5 Å². The highest BCUT2D eigenvalue weighted by Gasteiger charge is 2.22. The van der Waals surface area contributed by atoms with Crippen LogP contribution < -0.4 is 28.4 Å². The lowest BCUT2D eigenvalue weighted by Crippen LogP contribution is -2.11. The number of hydrogen-bond acceptors (Lipinski definition) is 12. The van der Waals surface area contributed by atoms with E-state index < -0.39 is 0 Å². The first-order valence-electron chi connectivity index (χ1n) is 23.5. The zero-order valence-electron chi connectivity index (χ0n) is 42.3. The molecule has 4 aromatic heterocycles. The number of hydrogen-bond donors (Lipinski definition) is 0. The Balaban J connectivity index is 0.967. The third-order valence-electron chi connectivity index (χ3n) is 12.5. The van der Waals surface area contributed by atoms with Crippen LogP contribution in [-0.4, -0.2) is 60.9 Å². The maximum atomic E-state index is 11.8. The monoisotopic (exact) mass is 962 g/mol. The minimum Gasteiger partial charge on any atom is -0.496 e. The van der Waals surface area contributed by atoms with Gasteiger partial charge in [-0.3, -0.25) is 29.5 Å². The lowest BCUT2D eigenvalue weighted by Gasteiger charge is -2.20. The van der Waals surface area contributed by atoms with Crippen LogP contribution in [0.25, 0.3) is 56.2 Å². The molecule has 0 aliphatic heterocycles. The van der Waals surface area contributed by atoms with Crippen LogP contribution >= 0.6 is 0 Å². The molecular weight excluding hydrogens is 905 g/mol. The molecule has 0 saturated carbocycles. The van der Waals surface area contributed by atoms with E-state index in [0.29, 0.717) is 68.4 Å². The highest BCUT2D eigenvalue weighted by Crippen LogP contribution is 2.47. The van der Waals surface area contributed by atoms with E-state index in [-0.39, 0.29) is 24.0 Å². The predicted molar refractivity (Wildman–Crippen MR) is 281 cm³/mol. The zero-order valence-corrected chi connectivity index (χ0v) is 42.3. The second kappa shape index (κ2) is 21.3. The highest BCUT2D eigenvalue weighted by atomic mass is 16.5. The molecule has 0 unspecified atom stereocenters. The lowest BCUT2D eigenvalue weighted by atomic mass is 9.86. The Hall–Kier alpha value is -8.38. The van der Waals surface area contributed by atoms with Crippen molar-refractivity contribution in [2.75, 3.05) is 28.4 Å². The van der Waals surface area contributed by atoms with E-state index in [9.17, 15) is 9.59 Å². The van der Waals surface area contributed by atoms with E-state index in [1.807, 2.05) is 109 Å². The van der Waals surface area contributed by atoms with Crippen molar-refractivity contribution in [1.82, 2.24) is 19.9 Å². The van der Waals surface area contributed by atoms with Crippen LogP contribution in [0.4, 0.5) is 0 Å². The van der Waals surface area contributed by atoms with Gasteiger partial charge in [-0.1, -0.05) is 77.9 Å². The SMILES string of the molecule is COc1cc(-c2cc(OC)c(-c3ccc(-c4ccc(COc5ccc(C(C)(C)C)cc5C=O)cn4)nc3)cc2OC)c(OC)cc1-c1ccc(-c2ccc(COc3ccc(C(C)(C)C)cc3C=O)cn2)nc1. The summed E-state index contributed by atoms with van der Waals surface area (Å²) in [6.45, 7) is 13.2. The van der Waals surface area contributed by atoms with Gasteiger partial charge in [0.1, 0.15) is 47.7 Å². The molecule has 0 atom stereocenters. The number of nitrogens with zero attached hydrogens (tertiary/aromatic N) is 4. The first-order valence-corrected chi connectivity index (χ1v) is 23.5. The fraction of sp³-hybridized carbons (Fsp3) is 0.233. The number of carbonyl (C=O) groups excluding carboxylic acids is 2. The fourth-order valence-electron chi connectivity index (χ4n) is 8.20. The second-order valence-corrected chi connectivity index (χ2v) is 19.3. The van der Waals surface area contributed by atoms with Crippen molar-refractivity contribution in [2.24, 2.45) is 0 Å². The molecule has 0 aliphatic rings. The Morgan fingerprint density at radius 1 is 0.389 bits per heavy atom. The smallest absolute Gasteiger partial charge is 0.153 e. The van der Waals surface area contributed by atoms with Crippen LogP contribution in [0.1, 0.15) is 84.5 Å². The Morgan fingerprint density at radius 2 is 0.722 bits per heavy atom. The summed E-state index contributed by atoms with van der Waals surface area (Å²) < 4.78 is 36.0. The van der Waals surface area contributed by atoms with Gasteiger partial charge in [0.15, 0.2) is 12.6 Å². The van der Waals surface area contributed by atoms with Gasteiger partial charge in [-0.25, -0.2) is 0 Å². The van der Waals surface area contributed by atoms with Gasteiger partial charge >= 0.3 is 0 Å². The second-order valence-electron chi connectivity index (χ2n) is 19.3. The topological polar surface area (TPSA) is 141 Å². The average molecular weight is 963 g/mol. The van der Waals surface area contributed by atoms with Crippen LogP contribution in [0, 0.1) is 0 Å². The van der Waals surface area contributed by atoms with E-state index in [2.05, 4.69) is 51.5 Å². The molecule has 0 radical (unpaired) electrons. The molecule has 4 aromatic carbocycles. The van der Waals surface area contributed by atoms with Crippen LogP contribution in [0.2, 0.25) is 0 Å². The van der Waals surface area contributed by atoms with Crippen molar-refractivity contribution < 1.29 is 38.0 Å². The number of ether oxygens (including phenoxy) is 6. The average Bonchev–Trinajstić information content (AvgIpc) is 3.40. The van der Waals surface area contributed by atoms with Gasteiger partial charge in [0.2, 0.25) is 0 Å². The maximum Gasteiger partial charge on any atom is 0.153 e. The van der Waals surface area contributed by atoms with Crippen molar-refractivity contribution in [2.45, 2.75) is 65.6 Å². The molecule has 4 heterocycles. The number of benzene rings is 4. The van der Waals surface area contributed by atoms with E-state index in [0.717, 1.165) is 68.2 Å². The summed E-state index contributed by atoms with van der Waals surface area (Å²) in [4.78, 5) is 42.5. The maximum absolute atomic E-state index is 11.8. The van der Waals surface area contributed by atoms with Gasteiger partial charge < -0.3 is 28.4 Å². The number of rotatable bonds is 17. The van der Waals surface area contributed by atoms with Crippen molar-refractivity contribution in [3.05, 3.63) is 167 Å². The normalized spacial score (nSPS) is 11.4. The van der Waals surface area contributed by atoms with Crippen LogP contribution in [-0.2, 0) is 24.0 Å². The van der Waals surface area contributed by atoms with Crippen LogP contribution in [0.3, 0.4) is 0 Å². The number of pyridine rings is 4. The Morgan fingerprint density at radius 3 is 1.01 bits per heavy atom. The molecule has 0 saturated heterocycles. The summed E-state index contributed by atoms with van der Waals surface area (Å²) in [5.41, 5.74) is 12.2. The summed E-state index contributed by atoms with van der Waals surface area (Å²) in [5.74, 6) is 3.44. The third kappa shape index (κ3) is 11.0. The van der Waals surface area contributed by atoms with Gasteiger partial charge in [-0.05, 0) is 94.8 Å². The Labute approximate surface area is 421 Å². The Kier molecular flexibility index (Phi) is 14.8. The standard InChI is InChI=1S/C60H58N4O8/c1-59(2,3)43-15-21-53(41(23-43)33-65)71-35-37-11-17-49(61-29-37)51-19-13-39(31-63-51)45-25-57(69-9)47(27-55(45)67-7)48-28-56(68-8)46(26-58(48)70-10)40-14-20-52(64-32-40)50-18-12-38(30-62-50)36-72-54-22-16-44(60(4,5)6)24-42(54)34-66/h11-34H,35-36H2,1-10H3. The van der Waals surface area contributed by atoms with Crippen molar-refractivity contribution in [3.8, 4) is 90.7 Å². The molecule has 8 aromatic rings. The van der Waals surface area contributed by atoms with Crippen molar-refractivity contribution in [1.29, 1.82) is 0 Å². The summed E-state index contributed by atoms with van der Waals surface area (Å²) >= 11 is 0. The first-order chi connectivity index (χ1) is 34.6. The number of aromatic nitrogens is 4. The fourth-order valence-corrected chi connectivity index (χ4v) is 8.20. The summed E-state index contributed by atoms with van der Waals surface area (Å²) in [5, 5.41) is 0. The summed E-state index contributed by atoms with van der Waals surface area (Å²) in [7, 11) is 6.50. The summed E-state index contributed by atoms with van der Waals surface area (Å²) in [6, 6.07) is 34.6. The molecule has 0 aliphatic carbocycles. The molecular formula is C60H58N4O8. The lowest BCUT2D eigenvalue weighted by molar-refractivity contribution is 0.111. The van der Waals surface area contributed by atoms with Gasteiger partial charge in [-0.15, -0.1) is 0 Å². The van der Waals surface area contributed by atoms with Crippen LogP contribution in [0.15, 0.2) is 134 Å². The molecule has 12 heteroatoms. The molecule has 72 heavy (non-hydrogen) atoms. The number of methoxy groups -OCH3 is 4. The third-order valence-corrected chi connectivity index (χ3v) is 12.5. The highest BCUT2D eigenvalue weighted by molar-refractivity contribution is 5.87. The van der Waals surface area contributed by atoms with Gasteiger partial charge in [0.25, 0.3) is 0 Å². The number of carbonyl (C=O) groups is 2. The zero-order chi connectivity index (χ0) is 51.2. The molecule has 8 rings (SSSR count). The first kappa shape index (κ1) is 50.0. The Bertz CT molecular complexity index is 3000. The molecule has 0 bridgehead atoms. The van der Waals surface area contributed by atoms with Crippen molar-refractivity contribution in [3.63, 3.8) is 0 Å². The molecule has 0 amide bonds. The number of aldehydes is 2. The molecule has 0 spiro atoms.